The van der Waals surface area contributed by atoms with Gasteiger partial charge in [-0.1, -0.05) is 6.07 Å². The molecule has 2 atom stereocenters. The molecular formula is C15H20N2O3S. The molecule has 114 valence electrons. The van der Waals surface area contributed by atoms with Crippen LogP contribution in [0.2, 0.25) is 0 Å². The summed E-state index contributed by atoms with van der Waals surface area (Å²) in [5.74, 6) is 2.04. The van der Waals surface area contributed by atoms with Crippen LogP contribution in [0.1, 0.15) is 29.6 Å². The third kappa shape index (κ3) is 2.96. The van der Waals surface area contributed by atoms with Gasteiger partial charge in [0.25, 0.3) is 5.91 Å². The van der Waals surface area contributed by atoms with Crippen molar-refractivity contribution in [1.29, 1.82) is 0 Å². The SMILES string of the molecule is NC(=O)c1cccc(N)c1OC1CCOC2(CCSC2)C1. The first-order chi connectivity index (χ1) is 10.1. The van der Waals surface area contributed by atoms with Gasteiger partial charge in [0.2, 0.25) is 0 Å². The average Bonchev–Trinajstić information content (AvgIpc) is 2.89. The summed E-state index contributed by atoms with van der Waals surface area (Å²) in [7, 11) is 0. The van der Waals surface area contributed by atoms with Gasteiger partial charge in [0.15, 0.2) is 5.75 Å². The molecule has 1 spiro atoms. The number of benzene rings is 1. The summed E-state index contributed by atoms with van der Waals surface area (Å²) in [6, 6.07) is 5.08. The van der Waals surface area contributed by atoms with Crippen LogP contribution in [0.15, 0.2) is 18.2 Å². The van der Waals surface area contributed by atoms with Gasteiger partial charge in [0, 0.05) is 18.6 Å². The molecule has 2 unspecified atom stereocenters. The van der Waals surface area contributed by atoms with Crippen molar-refractivity contribution in [1.82, 2.24) is 0 Å². The quantitative estimate of drug-likeness (QED) is 0.831. The highest BCUT2D eigenvalue weighted by Crippen LogP contribution is 2.40. The van der Waals surface area contributed by atoms with E-state index in [4.69, 9.17) is 20.9 Å². The van der Waals surface area contributed by atoms with Gasteiger partial charge in [-0.15, -0.1) is 0 Å². The molecule has 1 aromatic carbocycles. The summed E-state index contributed by atoms with van der Waals surface area (Å²) in [4.78, 5) is 11.5. The lowest BCUT2D eigenvalue weighted by atomic mass is 9.91. The maximum Gasteiger partial charge on any atom is 0.252 e. The first-order valence-corrected chi connectivity index (χ1v) is 8.32. The zero-order chi connectivity index (χ0) is 14.9. The predicted octanol–water partition coefficient (Wildman–Crippen LogP) is 1.80. The van der Waals surface area contributed by atoms with E-state index < -0.39 is 5.91 Å². The lowest BCUT2D eigenvalue weighted by Crippen LogP contribution is -2.44. The molecule has 1 amide bonds. The Morgan fingerprint density at radius 2 is 2.33 bits per heavy atom. The number of ether oxygens (including phenoxy) is 2. The number of carbonyl (C=O) groups excluding carboxylic acids is 1. The highest BCUT2D eigenvalue weighted by atomic mass is 32.2. The van der Waals surface area contributed by atoms with Crippen LogP contribution in [0.3, 0.4) is 0 Å². The molecule has 2 heterocycles. The van der Waals surface area contributed by atoms with Gasteiger partial charge >= 0.3 is 0 Å². The molecule has 3 rings (SSSR count). The number of thioether (sulfide) groups is 1. The highest BCUT2D eigenvalue weighted by molar-refractivity contribution is 7.99. The molecule has 2 aliphatic heterocycles. The van der Waals surface area contributed by atoms with E-state index in [2.05, 4.69) is 0 Å². The van der Waals surface area contributed by atoms with Crippen LogP contribution in [0, 0.1) is 0 Å². The van der Waals surface area contributed by atoms with E-state index in [9.17, 15) is 4.79 Å². The molecule has 0 aliphatic carbocycles. The maximum absolute atomic E-state index is 11.5. The number of hydrogen-bond acceptors (Lipinski definition) is 5. The van der Waals surface area contributed by atoms with E-state index in [1.807, 2.05) is 11.8 Å². The van der Waals surface area contributed by atoms with Crippen LogP contribution in [0.5, 0.6) is 5.75 Å². The minimum Gasteiger partial charge on any atom is -0.487 e. The maximum atomic E-state index is 11.5. The van der Waals surface area contributed by atoms with Crippen molar-refractivity contribution < 1.29 is 14.3 Å². The third-order valence-electron chi connectivity index (χ3n) is 4.11. The fourth-order valence-electron chi connectivity index (χ4n) is 2.99. The molecular weight excluding hydrogens is 288 g/mol. The summed E-state index contributed by atoms with van der Waals surface area (Å²) in [6.07, 6.45) is 2.72. The monoisotopic (exact) mass is 308 g/mol. The summed E-state index contributed by atoms with van der Waals surface area (Å²) in [6.45, 7) is 0.684. The Kier molecular flexibility index (Phi) is 3.99. The van der Waals surface area contributed by atoms with Crippen LogP contribution < -0.4 is 16.2 Å². The molecule has 21 heavy (non-hydrogen) atoms. The second-order valence-corrected chi connectivity index (χ2v) is 6.76. The summed E-state index contributed by atoms with van der Waals surface area (Å²) in [5.41, 5.74) is 12.1. The van der Waals surface area contributed by atoms with E-state index in [1.54, 1.807) is 18.2 Å². The van der Waals surface area contributed by atoms with Gasteiger partial charge in [0.1, 0.15) is 6.10 Å². The molecule has 4 N–H and O–H groups in total. The highest BCUT2D eigenvalue weighted by Gasteiger charge is 2.41. The Bertz CT molecular complexity index is 544. The minimum absolute atomic E-state index is 0.0141. The van der Waals surface area contributed by atoms with Crippen LogP contribution in [0.25, 0.3) is 0 Å². The van der Waals surface area contributed by atoms with E-state index >= 15 is 0 Å². The topological polar surface area (TPSA) is 87.6 Å². The van der Waals surface area contributed by atoms with Gasteiger partial charge in [0.05, 0.1) is 23.5 Å². The Morgan fingerprint density at radius 3 is 3.05 bits per heavy atom. The van der Waals surface area contributed by atoms with Crippen molar-refractivity contribution in [2.75, 3.05) is 23.8 Å². The number of nitrogens with two attached hydrogens (primary N) is 2. The lowest BCUT2D eigenvalue weighted by molar-refractivity contribution is -0.0958. The summed E-state index contributed by atoms with van der Waals surface area (Å²) in [5, 5.41) is 0. The first-order valence-electron chi connectivity index (χ1n) is 7.16. The standard InChI is InChI=1S/C15H20N2O3S/c16-12-3-1-2-11(14(17)18)13(12)20-10-4-6-19-15(8-10)5-7-21-9-15/h1-3,10H,4-9,16H2,(H2,17,18). The number of para-hydroxylation sites is 1. The molecule has 2 saturated heterocycles. The van der Waals surface area contributed by atoms with Crippen molar-refractivity contribution in [3.8, 4) is 5.75 Å². The molecule has 6 heteroatoms. The summed E-state index contributed by atoms with van der Waals surface area (Å²) >= 11 is 1.92. The zero-order valence-electron chi connectivity index (χ0n) is 11.8. The first kappa shape index (κ1) is 14.5. The molecule has 0 bridgehead atoms. The van der Waals surface area contributed by atoms with Gasteiger partial charge in [-0.2, -0.15) is 11.8 Å². The number of carbonyl (C=O) groups is 1. The van der Waals surface area contributed by atoms with Crippen molar-refractivity contribution in [2.24, 2.45) is 5.73 Å². The Hall–Kier alpha value is -1.40. The fourth-order valence-corrected chi connectivity index (χ4v) is 4.37. The average molecular weight is 308 g/mol. The molecule has 0 radical (unpaired) electrons. The van der Waals surface area contributed by atoms with Crippen molar-refractivity contribution in [2.45, 2.75) is 31.0 Å². The molecule has 2 fully saturated rings. The second kappa shape index (κ2) is 5.77. The largest absolute Gasteiger partial charge is 0.487 e. The number of nitrogen functional groups attached to an aromatic ring is 1. The second-order valence-electron chi connectivity index (χ2n) is 5.65. The lowest BCUT2D eigenvalue weighted by Gasteiger charge is -2.38. The zero-order valence-corrected chi connectivity index (χ0v) is 12.7. The van der Waals surface area contributed by atoms with Crippen LogP contribution >= 0.6 is 11.8 Å². The van der Waals surface area contributed by atoms with E-state index in [0.29, 0.717) is 23.6 Å². The molecule has 5 nitrogen and oxygen atoms in total. The van der Waals surface area contributed by atoms with Crippen LogP contribution in [-0.2, 0) is 4.74 Å². The third-order valence-corrected chi connectivity index (χ3v) is 5.33. The number of primary amides is 1. The molecule has 0 saturated carbocycles. The van der Waals surface area contributed by atoms with Gasteiger partial charge in [-0.3, -0.25) is 4.79 Å². The Morgan fingerprint density at radius 1 is 1.48 bits per heavy atom. The Balaban J connectivity index is 1.79. The fraction of sp³-hybridized carbons (Fsp3) is 0.533. The van der Waals surface area contributed by atoms with Crippen LogP contribution in [-0.4, -0.2) is 35.7 Å². The van der Waals surface area contributed by atoms with Gasteiger partial charge in [-0.25, -0.2) is 0 Å². The van der Waals surface area contributed by atoms with E-state index in [0.717, 1.165) is 30.8 Å². The number of rotatable bonds is 3. The van der Waals surface area contributed by atoms with Gasteiger partial charge < -0.3 is 20.9 Å². The molecule has 2 aliphatic rings. The van der Waals surface area contributed by atoms with Gasteiger partial charge in [-0.05, 0) is 24.3 Å². The van der Waals surface area contributed by atoms with Crippen molar-refractivity contribution >= 4 is 23.4 Å². The predicted molar refractivity (Wildman–Crippen MR) is 83.6 cm³/mol. The minimum atomic E-state index is -0.518. The van der Waals surface area contributed by atoms with E-state index in [1.165, 1.54) is 0 Å². The Labute approximate surface area is 128 Å². The number of amides is 1. The van der Waals surface area contributed by atoms with Crippen LogP contribution in [0.4, 0.5) is 5.69 Å². The molecule has 0 aromatic heterocycles. The smallest absolute Gasteiger partial charge is 0.252 e. The van der Waals surface area contributed by atoms with Crippen molar-refractivity contribution in [3.63, 3.8) is 0 Å². The summed E-state index contributed by atoms with van der Waals surface area (Å²) < 4.78 is 12.0. The number of hydrogen-bond donors (Lipinski definition) is 2. The van der Waals surface area contributed by atoms with Crippen molar-refractivity contribution in [3.05, 3.63) is 23.8 Å². The normalized spacial score (nSPS) is 28.7. The molecule has 1 aromatic rings. The van der Waals surface area contributed by atoms with E-state index in [-0.39, 0.29) is 11.7 Å². The number of anilines is 1.